The van der Waals surface area contributed by atoms with Crippen LogP contribution >= 0.6 is 0 Å². The van der Waals surface area contributed by atoms with E-state index in [9.17, 15) is 0 Å². The van der Waals surface area contributed by atoms with Crippen LogP contribution in [0.25, 0.3) is 0 Å². The summed E-state index contributed by atoms with van der Waals surface area (Å²) in [4.78, 5) is 2.38. The summed E-state index contributed by atoms with van der Waals surface area (Å²) in [6.07, 6.45) is 4.25. The molecule has 2 rings (SSSR count). The van der Waals surface area contributed by atoms with Gasteiger partial charge in [0.25, 0.3) is 0 Å². The van der Waals surface area contributed by atoms with Crippen LogP contribution in [-0.2, 0) is 6.54 Å². The molecular weight excluding hydrogens is 184 g/mol. The van der Waals surface area contributed by atoms with Crippen LogP contribution < -0.4 is 5.73 Å². The molecule has 0 atom stereocenters. The van der Waals surface area contributed by atoms with Crippen molar-refractivity contribution in [3.63, 3.8) is 0 Å². The zero-order valence-electron chi connectivity index (χ0n) is 9.45. The van der Waals surface area contributed by atoms with Crippen molar-refractivity contribution in [2.45, 2.75) is 25.8 Å². The van der Waals surface area contributed by atoms with Crippen molar-refractivity contribution in [1.82, 2.24) is 4.90 Å². The topological polar surface area (TPSA) is 29.3 Å². The first-order valence-corrected chi connectivity index (χ1v) is 5.77. The first-order valence-electron chi connectivity index (χ1n) is 5.77. The van der Waals surface area contributed by atoms with Crippen molar-refractivity contribution in [3.05, 3.63) is 29.8 Å². The van der Waals surface area contributed by atoms with Crippen LogP contribution in [0.15, 0.2) is 24.3 Å². The molecule has 0 bridgehead atoms. The summed E-state index contributed by atoms with van der Waals surface area (Å²) < 4.78 is 0. The zero-order valence-corrected chi connectivity index (χ0v) is 9.45. The van der Waals surface area contributed by atoms with Crippen molar-refractivity contribution in [3.8, 4) is 0 Å². The number of nitrogen functional groups attached to an aromatic ring is 1. The number of hydrogen-bond donors (Lipinski definition) is 1. The summed E-state index contributed by atoms with van der Waals surface area (Å²) in [5.74, 6) is 0.930. The van der Waals surface area contributed by atoms with Gasteiger partial charge in [-0.2, -0.15) is 0 Å². The Hall–Kier alpha value is -1.02. The summed E-state index contributed by atoms with van der Waals surface area (Å²) in [7, 11) is 2.19. The lowest BCUT2D eigenvalue weighted by molar-refractivity contribution is 0.200. The van der Waals surface area contributed by atoms with Crippen LogP contribution in [0.3, 0.4) is 0 Å². The molecular formula is C13H20N2. The van der Waals surface area contributed by atoms with Gasteiger partial charge in [0.1, 0.15) is 0 Å². The van der Waals surface area contributed by atoms with E-state index in [2.05, 4.69) is 24.1 Å². The molecule has 0 aliphatic heterocycles. The number of hydrogen-bond acceptors (Lipinski definition) is 2. The molecule has 1 fully saturated rings. The van der Waals surface area contributed by atoms with Gasteiger partial charge in [0.15, 0.2) is 0 Å². The Morgan fingerprint density at radius 2 is 2.07 bits per heavy atom. The average molecular weight is 204 g/mol. The normalized spacial score (nSPS) is 16.7. The van der Waals surface area contributed by atoms with E-state index in [0.29, 0.717) is 0 Å². The average Bonchev–Trinajstić information content (AvgIpc) is 2.16. The Labute approximate surface area is 92.1 Å². The second-order valence-electron chi connectivity index (χ2n) is 4.69. The molecule has 1 saturated carbocycles. The summed E-state index contributed by atoms with van der Waals surface area (Å²) in [5.41, 5.74) is 8.08. The van der Waals surface area contributed by atoms with Gasteiger partial charge in [-0.15, -0.1) is 0 Å². The third kappa shape index (κ3) is 2.72. The Balaban J connectivity index is 1.87. The van der Waals surface area contributed by atoms with Crippen LogP contribution in [0.4, 0.5) is 5.69 Å². The first kappa shape index (κ1) is 10.5. The highest BCUT2D eigenvalue weighted by Crippen LogP contribution is 2.27. The third-order valence-electron chi connectivity index (χ3n) is 3.29. The van der Waals surface area contributed by atoms with E-state index in [1.54, 1.807) is 0 Å². The van der Waals surface area contributed by atoms with Crippen molar-refractivity contribution in [2.24, 2.45) is 5.92 Å². The molecule has 0 heterocycles. The molecule has 0 aromatic heterocycles. The van der Waals surface area contributed by atoms with E-state index in [0.717, 1.165) is 18.2 Å². The lowest BCUT2D eigenvalue weighted by Crippen LogP contribution is -2.29. The summed E-state index contributed by atoms with van der Waals surface area (Å²) >= 11 is 0. The minimum atomic E-state index is 0.915. The van der Waals surface area contributed by atoms with Gasteiger partial charge in [0, 0.05) is 18.8 Å². The number of nitrogens with two attached hydrogens (primary N) is 1. The molecule has 0 radical (unpaired) electrons. The molecule has 0 unspecified atom stereocenters. The van der Waals surface area contributed by atoms with E-state index < -0.39 is 0 Å². The van der Waals surface area contributed by atoms with Gasteiger partial charge in [-0.3, -0.25) is 0 Å². The van der Waals surface area contributed by atoms with Gasteiger partial charge in [0.05, 0.1) is 0 Å². The minimum absolute atomic E-state index is 0.915. The molecule has 0 saturated heterocycles. The third-order valence-corrected chi connectivity index (χ3v) is 3.29. The van der Waals surface area contributed by atoms with Gasteiger partial charge in [-0.1, -0.05) is 24.6 Å². The maximum absolute atomic E-state index is 5.92. The highest BCUT2D eigenvalue weighted by atomic mass is 15.1. The summed E-state index contributed by atoms with van der Waals surface area (Å²) in [6.45, 7) is 2.19. The van der Waals surface area contributed by atoms with Crippen LogP contribution in [0.2, 0.25) is 0 Å². The first-order chi connectivity index (χ1) is 7.25. The lowest BCUT2D eigenvalue weighted by Gasteiger charge is -2.30. The maximum atomic E-state index is 5.92. The molecule has 1 aromatic carbocycles. The fourth-order valence-corrected chi connectivity index (χ4v) is 2.15. The Morgan fingerprint density at radius 3 is 2.67 bits per heavy atom. The van der Waals surface area contributed by atoms with Crippen molar-refractivity contribution in [1.29, 1.82) is 0 Å². The van der Waals surface area contributed by atoms with Gasteiger partial charge in [-0.25, -0.2) is 0 Å². The molecule has 2 heteroatoms. The molecule has 0 amide bonds. The lowest BCUT2D eigenvalue weighted by atomic mass is 9.85. The number of nitrogens with zero attached hydrogens (tertiary/aromatic N) is 1. The Kier molecular flexibility index (Phi) is 3.27. The monoisotopic (exact) mass is 204 g/mol. The molecule has 1 aliphatic rings. The molecule has 15 heavy (non-hydrogen) atoms. The quantitative estimate of drug-likeness (QED) is 0.763. The van der Waals surface area contributed by atoms with Crippen molar-refractivity contribution < 1.29 is 0 Å². The molecule has 2 N–H and O–H groups in total. The predicted molar refractivity (Wildman–Crippen MR) is 64.5 cm³/mol. The smallest absolute Gasteiger partial charge is 0.0359 e. The highest BCUT2D eigenvalue weighted by Gasteiger charge is 2.19. The Morgan fingerprint density at radius 1 is 1.33 bits per heavy atom. The van der Waals surface area contributed by atoms with Gasteiger partial charge < -0.3 is 10.6 Å². The fraction of sp³-hybridized carbons (Fsp3) is 0.538. The summed E-state index contributed by atoms with van der Waals surface area (Å²) in [5, 5.41) is 0. The van der Waals surface area contributed by atoms with Gasteiger partial charge in [0.2, 0.25) is 0 Å². The summed E-state index contributed by atoms with van der Waals surface area (Å²) in [6, 6.07) is 8.15. The maximum Gasteiger partial charge on any atom is 0.0359 e. The highest BCUT2D eigenvalue weighted by molar-refractivity contribution is 5.46. The van der Waals surface area contributed by atoms with E-state index in [1.807, 2.05) is 12.1 Å². The van der Waals surface area contributed by atoms with E-state index in [4.69, 9.17) is 5.73 Å². The minimum Gasteiger partial charge on any atom is -0.398 e. The predicted octanol–water partition coefficient (Wildman–Crippen LogP) is 2.50. The standard InChI is InChI=1S/C13H20N2/c1-15(9-11-5-4-6-11)10-12-7-2-3-8-13(12)14/h2-3,7-8,11H,4-6,9-10,14H2,1H3. The van der Waals surface area contributed by atoms with Gasteiger partial charge >= 0.3 is 0 Å². The molecule has 1 aliphatic carbocycles. The van der Waals surface area contributed by atoms with Crippen molar-refractivity contribution in [2.75, 3.05) is 19.3 Å². The van der Waals surface area contributed by atoms with Crippen LogP contribution in [-0.4, -0.2) is 18.5 Å². The molecule has 0 spiro atoms. The number of para-hydroxylation sites is 1. The molecule has 82 valence electrons. The van der Waals surface area contributed by atoms with Crippen LogP contribution in [0, 0.1) is 5.92 Å². The second kappa shape index (κ2) is 4.67. The Bertz CT molecular complexity index is 318. The fourth-order valence-electron chi connectivity index (χ4n) is 2.15. The van der Waals surface area contributed by atoms with Gasteiger partial charge in [-0.05, 0) is 37.4 Å². The second-order valence-corrected chi connectivity index (χ2v) is 4.69. The molecule has 1 aromatic rings. The number of benzene rings is 1. The molecule has 2 nitrogen and oxygen atoms in total. The van der Waals surface area contributed by atoms with Crippen LogP contribution in [0.5, 0.6) is 0 Å². The number of anilines is 1. The number of rotatable bonds is 4. The van der Waals surface area contributed by atoms with E-state index in [-0.39, 0.29) is 0 Å². The van der Waals surface area contributed by atoms with E-state index >= 15 is 0 Å². The van der Waals surface area contributed by atoms with E-state index in [1.165, 1.54) is 31.4 Å². The van der Waals surface area contributed by atoms with Crippen LogP contribution in [0.1, 0.15) is 24.8 Å². The zero-order chi connectivity index (χ0) is 10.7. The SMILES string of the molecule is CN(Cc1ccccc1N)CC1CCC1. The van der Waals surface area contributed by atoms with Crippen molar-refractivity contribution >= 4 is 5.69 Å². The largest absolute Gasteiger partial charge is 0.398 e.